The molecule has 0 saturated carbocycles. The van der Waals surface area contributed by atoms with Crippen LogP contribution in [-0.2, 0) is 14.8 Å². The van der Waals surface area contributed by atoms with Gasteiger partial charge in [-0.15, -0.1) is 11.3 Å². The molecule has 3 heterocycles. The van der Waals surface area contributed by atoms with E-state index < -0.39 is 21.9 Å². The molecule has 0 aliphatic carbocycles. The highest BCUT2D eigenvalue weighted by molar-refractivity contribution is 7.89. The molecule has 8 nitrogen and oxygen atoms in total. The largest absolute Gasteiger partial charge is 0.465 e. The fourth-order valence-corrected chi connectivity index (χ4v) is 6.37. The number of benzene rings is 1. The van der Waals surface area contributed by atoms with Gasteiger partial charge in [-0.25, -0.2) is 13.2 Å². The lowest BCUT2D eigenvalue weighted by Gasteiger charge is -2.31. The molecule has 154 valence electrons. The quantitative estimate of drug-likeness (QED) is 0.524. The summed E-state index contributed by atoms with van der Waals surface area (Å²) in [6.07, 6.45) is 1.14. The Kier molecular flexibility index (Phi) is 5.32. The van der Waals surface area contributed by atoms with Gasteiger partial charge in [0.1, 0.15) is 9.77 Å². The van der Waals surface area contributed by atoms with Crippen LogP contribution < -0.4 is 9.47 Å². The summed E-state index contributed by atoms with van der Waals surface area (Å²) in [4.78, 5) is 24.9. The molecule has 29 heavy (non-hydrogen) atoms. The van der Waals surface area contributed by atoms with Crippen LogP contribution in [0.4, 0.5) is 0 Å². The molecular formula is C19H19NO7S2. The molecule has 0 unspecified atom stereocenters. The zero-order valence-corrected chi connectivity index (χ0v) is 17.3. The SMILES string of the molecule is COC(=O)c1sccc1S(=O)(=O)N1CCC[C@@H](C(=O)c2ccc3c(c2)OCO3)C1. The maximum absolute atomic E-state index is 13.1. The summed E-state index contributed by atoms with van der Waals surface area (Å²) in [6, 6.07) is 6.38. The van der Waals surface area contributed by atoms with Crippen LogP contribution in [0.5, 0.6) is 11.5 Å². The third-order valence-electron chi connectivity index (χ3n) is 5.03. The van der Waals surface area contributed by atoms with Crippen molar-refractivity contribution >= 4 is 33.1 Å². The number of thiophene rings is 1. The zero-order valence-electron chi connectivity index (χ0n) is 15.6. The normalized spacial score (nSPS) is 19.1. The highest BCUT2D eigenvalue weighted by atomic mass is 32.2. The molecule has 0 N–H and O–H groups in total. The summed E-state index contributed by atoms with van der Waals surface area (Å²) in [5.74, 6) is -0.205. The van der Waals surface area contributed by atoms with Gasteiger partial charge in [0.2, 0.25) is 16.8 Å². The number of rotatable bonds is 5. The van der Waals surface area contributed by atoms with Crippen molar-refractivity contribution in [2.75, 3.05) is 27.0 Å². The van der Waals surface area contributed by atoms with Gasteiger partial charge in [0.25, 0.3) is 0 Å². The Morgan fingerprint density at radius 3 is 2.79 bits per heavy atom. The molecule has 1 aromatic heterocycles. The summed E-state index contributed by atoms with van der Waals surface area (Å²) in [5, 5.41) is 1.54. The number of piperidine rings is 1. The summed E-state index contributed by atoms with van der Waals surface area (Å²) in [5.41, 5.74) is 0.462. The van der Waals surface area contributed by atoms with Gasteiger partial charge in [0, 0.05) is 24.6 Å². The van der Waals surface area contributed by atoms with Crippen molar-refractivity contribution in [1.29, 1.82) is 0 Å². The predicted molar refractivity (Wildman–Crippen MR) is 104 cm³/mol. The van der Waals surface area contributed by atoms with Gasteiger partial charge in [0.05, 0.1) is 7.11 Å². The average molecular weight is 437 g/mol. The lowest BCUT2D eigenvalue weighted by Crippen LogP contribution is -2.42. The second-order valence-electron chi connectivity index (χ2n) is 6.74. The van der Waals surface area contributed by atoms with Crippen molar-refractivity contribution < 1.29 is 32.2 Å². The third kappa shape index (κ3) is 3.63. The van der Waals surface area contributed by atoms with E-state index in [1.165, 1.54) is 17.5 Å². The number of ether oxygens (including phenoxy) is 3. The first-order chi connectivity index (χ1) is 13.9. The minimum absolute atomic E-state index is 0.0386. The smallest absolute Gasteiger partial charge is 0.349 e. The maximum Gasteiger partial charge on any atom is 0.349 e. The molecule has 1 atom stereocenters. The number of nitrogens with zero attached hydrogens (tertiary/aromatic N) is 1. The second-order valence-corrected chi connectivity index (χ2v) is 9.56. The monoisotopic (exact) mass is 437 g/mol. The second kappa shape index (κ2) is 7.77. The molecule has 1 saturated heterocycles. The van der Waals surface area contributed by atoms with Gasteiger partial charge in [-0.2, -0.15) is 4.31 Å². The fourth-order valence-electron chi connectivity index (χ4n) is 3.54. The van der Waals surface area contributed by atoms with Gasteiger partial charge in [-0.1, -0.05) is 0 Å². The summed E-state index contributed by atoms with van der Waals surface area (Å²) >= 11 is 1.02. The molecule has 10 heteroatoms. The van der Waals surface area contributed by atoms with Crippen molar-refractivity contribution in [2.45, 2.75) is 17.7 Å². The lowest BCUT2D eigenvalue weighted by atomic mass is 9.91. The number of methoxy groups -OCH3 is 1. The first-order valence-corrected chi connectivity index (χ1v) is 11.3. The van der Waals surface area contributed by atoms with E-state index in [0.717, 1.165) is 11.3 Å². The molecule has 4 rings (SSSR count). The number of hydrogen-bond acceptors (Lipinski definition) is 8. The molecule has 2 aliphatic rings. The van der Waals surface area contributed by atoms with E-state index in [2.05, 4.69) is 4.74 Å². The summed E-state index contributed by atoms with van der Waals surface area (Å²) in [6.45, 7) is 0.474. The Balaban J connectivity index is 1.56. The van der Waals surface area contributed by atoms with Crippen LogP contribution in [0.1, 0.15) is 32.9 Å². The van der Waals surface area contributed by atoms with Crippen LogP contribution in [-0.4, -0.2) is 51.5 Å². The molecule has 0 spiro atoms. The number of ketones is 1. The summed E-state index contributed by atoms with van der Waals surface area (Å²) in [7, 11) is -2.71. The van der Waals surface area contributed by atoms with Crippen LogP contribution in [0.15, 0.2) is 34.5 Å². The number of sulfonamides is 1. The van der Waals surface area contributed by atoms with Gasteiger partial charge in [-0.05, 0) is 42.5 Å². The van der Waals surface area contributed by atoms with Gasteiger partial charge in [-0.3, -0.25) is 4.79 Å². The lowest BCUT2D eigenvalue weighted by molar-refractivity contribution is 0.0601. The van der Waals surface area contributed by atoms with Crippen molar-refractivity contribution in [1.82, 2.24) is 4.31 Å². The Hall–Kier alpha value is -2.43. The van der Waals surface area contributed by atoms with E-state index in [1.807, 2.05) is 0 Å². The first-order valence-electron chi connectivity index (χ1n) is 9.01. The fraction of sp³-hybridized carbons (Fsp3) is 0.368. The third-order valence-corrected chi connectivity index (χ3v) is 7.96. The van der Waals surface area contributed by atoms with Gasteiger partial charge >= 0.3 is 5.97 Å². The van der Waals surface area contributed by atoms with Gasteiger partial charge < -0.3 is 14.2 Å². The molecule has 0 amide bonds. The predicted octanol–water partition coefficient (Wildman–Crippen LogP) is 2.55. The Bertz CT molecular complexity index is 1060. The summed E-state index contributed by atoms with van der Waals surface area (Å²) < 4.78 is 42.8. The Morgan fingerprint density at radius 2 is 2.00 bits per heavy atom. The van der Waals surface area contributed by atoms with Crippen LogP contribution in [0.3, 0.4) is 0 Å². The van der Waals surface area contributed by atoms with Crippen LogP contribution >= 0.6 is 11.3 Å². The number of fused-ring (bicyclic) bond motifs is 1. The Morgan fingerprint density at radius 1 is 1.21 bits per heavy atom. The molecule has 0 bridgehead atoms. The first kappa shape index (κ1) is 19.9. The van der Waals surface area contributed by atoms with Crippen molar-refractivity contribution in [3.8, 4) is 11.5 Å². The van der Waals surface area contributed by atoms with E-state index >= 15 is 0 Å². The number of carbonyl (C=O) groups is 2. The molecule has 2 aromatic rings. The van der Waals surface area contributed by atoms with E-state index in [1.54, 1.807) is 23.6 Å². The topological polar surface area (TPSA) is 99.2 Å². The minimum Gasteiger partial charge on any atom is -0.465 e. The molecule has 2 aliphatic heterocycles. The number of carbonyl (C=O) groups excluding carboxylic acids is 2. The van der Waals surface area contributed by atoms with Crippen molar-refractivity contribution in [3.05, 3.63) is 40.1 Å². The average Bonchev–Trinajstić information content (AvgIpc) is 3.42. The highest BCUT2D eigenvalue weighted by Gasteiger charge is 2.36. The van der Waals surface area contributed by atoms with E-state index in [9.17, 15) is 18.0 Å². The van der Waals surface area contributed by atoms with Crippen LogP contribution in [0.2, 0.25) is 0 Å². The van der Waals surface area contributed by atoms with Crippen LogP contribution in [0, 0.1) is 5.92 Å². The van der Waals surface area contributed by atoms with E-state index in [-0.39, 0.29) is 28.9 Å². The standard InChI is InChI=1S/C19H19NO7S2/c1-25-19(22)18-16(6-8-28-18)29(23,24)20-7-2-3-13(10-20)17(21)12-4-5-14-15(9-12)27-11-26-14/h4-6,8-9,13H,2-3,7,10-11H2,1H3/t13-/m1/s1. The number of esters is 1. The maximum atomic E-state index is 13.1. The van der Waals surface area contributed by atoms with E-state index in [4.69, 9.17) is 9.47 Å². The van der Waals surface area contributed by atoms with Crippen LogP contribution in [0.25, 0.3) is 0 Å². The number of Topliss-reactive ketones (excluding diaryl/α,β-unsaturated/α-hetero) is 1. The number of hydrogen-bond donors (Lipinski definition) is 0. The minimum atomic E-state index is -3.92. The Labute approximate surface area is 172 Å². The van der Waals surface area contributed by atoms with Gasteiger partial charge in [0.15, 0.2) is 17.3 Å². The van der Waals surface area contributed by atoms with E-state index in [0.29, 0.717) is 36.4 Å². The molecular weight excluding hydrogens is 418 g/mol. The van der Waals surface area contributed by atoms with Crippen molar-refractivity contribution in [2.24, 2.45) is 5.92 Å². The molecule has 1 aromatic carbocycles. The van der Waals surface area contributed by atoms with Crippen molar-refractivity contribution in [3.63, 3.8) is 0 Å². The highest BCUT2D eigenvalue weighted by Crippen LogP contribution is 2.35. The zero-order chi connectivity index (χ0) is 20.6. The molecule has 0 radical (unpaired) electrons. The molecule has 1 fully saturated rings.